The molecule has 0 heterocycles. The summed E-state index contributed by atoms with van der Waals surface area (Å²) in [5.41, 5.74) is 2.56. The summed E-state index contributed by atoms with van der Waals surface area (Å²) in [4.78, 5) is 28.7. The van der Waals surface area contributed by atoms with Crippen molar-refractivity contribution >= 4 is 27.5 Å². The molecule has 3 aromatic carbocycles. The van der Waals surface area contributed by atoms with Gasteiger partial charge in [0.2, 0.25) is 11.8 Å². The van der Waals surface area contributed by atoms with Crippen LogP contribution in [0.15, 0.2) is 77.7 Å². The zero-order valence-electron chi connectivity index (χ0n) is 24.3. The molecule has 40 heavy (non-hydrogen) atoms. The van der Waals surface area contributed by atoms with Crippen LogP contribution in [-0.2, 0) is 26.2 Å². The second-order valence-corrected chi connectivity index (χ2v) is 12.8. The third-order valence-electron chi connectivity index (χ3n) is 6.37. The predicted molar refractivity (Wildman–Crippen MR) is 158 cm³/mol. The molecule has 8 nitrogen and oxygen atoms in total. The molecule has 0 aliphatic carbocycles. The molecular weight excluding hydrogens is 526 g/mol. The average molecular weight is 566 g/mol. The fourth-order valence-electron chi connectivity index (χ4n) is 4.08. The highest BCUT2D eigenvalue weighted by atomic mass is 32.2. The average Bonchev–Trinajstić information content (AvgIpc) is 2.90. The number of carbonyl (C=O) groups is 2. The van der Waals surface area contributed by atoms with E-state index in [4.69, 9.17) is 4.74 Å². The lowest BCUT2D eigenvalue weighted by Crippen LogP contribution is -2.54. The minimum atomic E-state index is -4.15. The van der Waals surface area contributed by atoms with Crippen molar-refractivity contribution in [2.45, 2.75) is 64.6 Å². The number of aryl methyl sites for hydroxylation is 2. The fourth-order valence-corrected chi connectivity index (χ4v) is 5.48. The van der Waals surface area contributed by atoms with Gasteiger partial charge < -0.3 is 15.0 Å². The van der Waals surface area contributed by atoms with Crippen LogP contribution in [0.4, 0.5) is 5.69 Å². The molecule has 3 rings (SSSR count). The number of amides is 2. The number of carbonyl (C=O) groups excluding carboxylic acids is 2. The number of nitrogens with one attached hydrogen (secondary N) is 1. The molecule has 0 aromatic heterocycles. The van der Waals surface area contributed by atoms with Crippen LogP contribution in [0.25, 0.3) is 0 Å². The molecule has 0 radical (unpaired) electrons. The van der Waals surface area contributed by atoms with Gasteiger partial charge in [-0.3, -0.25) is 13.9 Å². The van der Waals surface area contributed by atoms with E-state index < -0.39 is 34.1 Å². The van der Waals surface area contributed by atoms with E-state index in [9.17, 15) is 18.0 Å². The van der Waals surface area contributed by atoms with Gasteiger partial charge in [-0.15, -0.1) is 0 Å². The van der Waals surface area contributed by atoms with Gasteiger partial charge in [0.05, 0.1) is 17.7 Å². The Morgan fingerprint density at radius 3 is 2.05 bits per heavy atom. The Kier molecular flexibility index (Phi) is 9.63. The molecular formula is C31H39N3O5S. The minimum absolute atomic E-state index is 0.0531. The topological polar surface area (TPSA) is 96.0 Å². The lowest BCUT2D eigenvalue weighted by molar-refractivity contribution is -0.140. The maximum atomic E-state index is 14.0. The Morgan fingerprint density at radius 1 is 0.925 bits per heavy atom. The Morgan fingerprint density at radius 2 is 1.50 bits per heavy atom. The number of nitrogens with zero attached hydrogens (tertiary/aromatic N) is 2. The van der Waals surface area contributed by atoms with Crippen molar-refractivity contribution in [2.75, 3.05) is 18.0 Å². The van der Waals surface area contributed by atoms with Gasteiger partial charge in [0.25, 0.3) is 10.0 Å². The van der Waals surface area contributed by atoms with Crippen LogP contribution in [0.5, 0.6) is 5.75 Å². The molecule has 9 heteroatoms. The number of benzene rings is 3. The third-order valence-corrected chi connectivity index (χ3v) is 8.16. The summed E-state index contributed by atoms with van der Waals surface area (Å²) >= 11 is 0. The number of hydrogen-bond donors (Lipinski definition) is 1. The molecule has 214 valence electrons. The molecule has 1 atom stereocenters. The van der Waals surface area contributed by atoms with Crippen LogP contribution in [0.2, 0.25) is 0 Å². The quantitative estimate of drug-likeness (QED) is 0.380. The van der Waals surface area contributed by atoms with Crippen molar-refractivity contribution < 1.29 is 22.7 Å². The number of rotatable bonds is 10. The van der Waals surface area contributed by atoms with Gasteiger partial charge in [0, 0.05) is 18.2 Å². The minimum Gasteiger partial charge on any atom is -0.497 e. The van der Waals surface area contributed by atoms with E-state index in [0.717, 1.165) is 21.0 Å². The van der Waals surface area contributed by atoms with E-state index >= 15 is 0 Å². The van der Waals surface area contributed by atoms with Gasteiger partial charge >= 0.3 is 0 Å². The van der Waals surface area contributed by atoms with Gasteiger partial charge in [-0.05, 0) is 71.4 Å². The van der Waals surface area contributed by atoms with Gasteiger partial charge in [0.15, 0.2) is 0 Å². The first kappa shape index (κ1) is 30.7. The number of anilines is 1. The largest absolute Gasteiger partial charge is 0.497 e. The van der Waals surface area contributed by atoms with Crippen molar-refractivity contribution in [2.24, 2.45) is 0 Å². The molecule has 2 amide bonds. The molecule has 0 saturated heterocycles. The van der Waals surface area contributed by atoms with Crippen LogP contribution in [0.1, 0.15) is 44.4 Å². The summed E-state index contributed by atoms with van der Waals surface area (Å²) in [7, 11) is -2.66. The molecule has 0 saturated carbocycles. The summed E-state index contributed by atoms with van der Waals surface area (Å²) in [6, 6.07) is 19.8. The number of methoxy groups -OCH3 is 1. The zero-order valence-corrected chi connectivity index (χ0v) is 25.1. The van der Waals surface area contributed by atoms with Gasteiger partial charge in [0.1, 0.15) is 18.3 Å². The summed E-state index contributed by atoms with van der Waals surface area (Å²) in [5, 5.41) is 2.93. The monoisotopic (exact) mass is 565 g/mol. The Hall–Kier alpha value is -3.85. The SMILES string of the molecule is COc1cccc(N(CC(=O)N(Cc2ccc(C)cc2)[C@@H](C)C(=O)NC(C)(C)C)S(=O)(=O)c2ccc(C)cc2)c1. The summed E-state index contributed by atoms with van der Waals surface area (Å²) in [6.45, 7) is 10.7. The number of sulfonamides is 1. The van der Waals surface area contributed by atoms with E-state index in [-0.39, 0.29) is 23.0 Å². The third kappa shape index (κ3) is 7.85. The molecule has 0 spiro atoms. The molecule has 0 bridgehead atoms. The summed E-state index contributed by atoms with van der Waals surface area (Å²) in [6.07, 6.45) is 0. The highest BCUT2D eigenvalue weighted by Crippen LogP contribution is 2.28. The van der Waals surface area contributed by atoms with E-state index in [1.165, 1.54) is 24.1 Å². The van der Waals surface area contributed by atoms with Gasteiger partial charge in [-0.25, -0.2) is 8.42 Å². The fraction of sp³-hybridized carbons (Fsp3) is 0.355. The van der Waals surface area contributed by atoms with E-state index in [0.29, 0.717) is 5.75 Å². The Bertz CT molecular complexity index is 1430. The van der Waals surface area contributed by atoms with Gasteiger partial charge in [-0.2, -0.15) is 0 Å². The van der Waals surface area contributed by atoms with Crippen LogP contribution in [0.3, 0.4) is 0 Å². The molecule has 0 unspecified atom stereocenters. The first-order chi connectivity index (χ1) is 18.7. The first-order valence-corrected chi connectivity index (χ1v) is 14.6. The van der Waals surface area contributed by atoms with E-state index in [2.05, 4.69) is 5.32 Å². The van der Waals surface area contributed by atoms with Crippen LogP contribution in [-0.4, -0.2) is 50.4 Å². The highest BCUT2D eigenvalue weighted by molar-refractivity contribution is 7.92. The maximum absolute atomic E-state index is 14.0. The van der Waals surface area contributed by atoms with E-state index in [1.54, 1.807) is 43.3 Å². The number of hydrogen-bond acceptors (Lipinski definition) is 5. The highest BCUT2D eigenvalue weighted by Gasteiger charge is 2.33. The smallest absolute Gasteiger partial charge is 0.264 e. The van der Waals surface area contributed by atoms with Crippen molar-refractivity contribution in [1.29, 1.82) is 0 Å². The van der Waals surface area contributed by atoms with Crippen molar-refractivity contribution in [1.82, 2.24) is 10.2 Å². The standard InChI is InChI=1S/C31H39N3O5S/c1-22-11-15-25(16-12-22)20-33(24(3)30(36)32-31(4,5)6)29(35)21-34(26-9-8-10-27(19-26)39-7)40(37,38)28-17-13-23(2)14-18-28/h8-19,24H,20-21H2,1-7H3,(H,32,36)/t24-/m0/s1. The number of ether oxygens (including phenoxy) is 1. The normalized spacial score (nSPS) is 12.4. The second-order valence-electron chi connectivity index (χ2n) is 10.9. The predicted octanol–water partition coefficient (Wildman–Crippen LogP) is 4.84. The first-order valence-electron chi connectivity index (χ1n) is 13.1. The van der Waals surface area contributed by atoms with E-state index in [1.807, 2.05) is 58.9 Å². The maximum Gasteiger partial charge on any atom is 0.264 e. The summed E-state index contributed by atoms with van der Waals surface area (Å²) in [5.74, 6) is -0.401. The zero-order chi connectivity index (χ0) is 29.7. The van der Waals surface area contributed by atoms with Gasteiger partial charge in [-0.1, -0.05) is 53.6 Å². The Balaban J connectivity index is 2.05. The van der Waals surface area contributed by atoms with Crippen molar-refractivity contribution in [3.8, 4) is 5.75 Å². The lowest BCUT2D eigenvalue weighted by atomic mass is 10.1. The molecule has 1 N–H and O–H groups in total. The molecule has 0 fully saturated rings. The van der Waals surface area contributed by atoms with Crippen molar-refractivity contribution in [3.63, 3.8) is 0 Å². The van der Waals surface area contributed by atoms with Crippen LogP contribution < -0.4 is 14.4 Å². The lowest BCUT2D eigenvalue weighted by Gasteiger charge is -2.33. The molecule has 0 aliphatic rings. The van der Waals surface area contributed by atoms with Crippen molar-refractivity contribution in [3.05, 3.63) is 89.5 Å². The second kappa shape index (κ2) is 12.6. The molecule has 0 aliphatic heterocycles. The molecule has 3 aromatic rings. The Labute approximate surface area is 238 Å². The van der Waals surface area contributed by atoms with Crippen LogP contribution in [0, 0.1) is 13.8 Å². The summed E-state index contributed by atoms with van der Waals surface area (Å²) < 4.78 is 34.2. The van der Waals surface area contributed by atoms with Crippen LogP contribution >= 0.6 is 0 Å².